The summed E-state index contributed by atoms with van der Waals surface area (Å²) in [5, 5.41) is 8.58. The van der Waals surface area contributed by atoms with Crippen LogP contribution in [0.1, 0.15) is 43.4 Å². The van der Waals surface area contributed by atoms with E-state index in [1.807, 2.05) is 25.1 Å². The number of hydrogen-bond acceptors (Lipinski definition) is 3. The van der Waals surface area contributed by atoms with Gasteiger partial charge in [-0.25, -0.2) is 0 Å². The number of halogens is 3. The summed E-state index contributed by atoms with van der Waals surface area (Å²) < 4.78 is 40.7. The molecule has 1 aliphatic heterocycles. The van der Waals surface area contributed by atoms with E-state index in [1.54, 1.807) is 12.1 Å². The molecule has 0 bridgehead atoms. The molecular weight excluding hydrogens is 377 g/mol. The fraction of sp³-hybridized carbons (Fsp3) is 0.304. The van der Waals surface area contributed by atoms with Gasteiger partial charge in [-0.2, -0.15) is 10.2 Å². The first kappa shape index (κ1) is 20.8. The number of benzene rings is 2. The van der Waals surface area contributed by atoms with Crippen LogP contribution in [0.4, 0.5) is 13.2 Å². The Bertz CT molecular complexity index is 941. The molecule has 0 saturated heterocycles. The zero-order chi connectivity index (χ0) is 21.0. The van der Waals surface area contributed by atoms with Gasteiger partial charge in [0.15, 0.2) is 0 Å². The molecule has 1 aliphatic rings. The summed E-state index contributed by atoms with van der Waals surface area (Å²) >= 11 is 0. The fourth-order valence-electron chi connectivity index (χ4n) is 3.21. The molecule has 152 valence electrons. The molecule has 0 amide bonds. The molecule has 0 radical (unpaired) electrons. The Kier molecular flexibility index (Phi) is 6.20. The monoisotopic (exact) mass is 400 g/mol. The minimum atomic E-state index is -4.69. The summed E-state index contributed by atoms with van der Waals surface area (Å²) in [7, 11) is 0. The molecule has 0 saturated carbocycles. The van der Waals surface area contributed by atoms with E-state index in [0.717, 1.165) is 22.6 Å². The minimum absolute atomic E-state index is 0.0450. The highest BCUT2D eigenvalue weighted by Crippen LogP contribution is 2.25. The molecule has 1 unspecified atom stereocenters. The summed E-state index contributed by atoms with van der Waals surface area (Å²) in [6, 6.07) is 14.1. The predicted octanol–water partition coefficient (Wildman–Crippen LogP) is 6.41. The van der Waals surface area contributed by atoms with E-state index in [4.69, 9.17) is 0 Å². The average Bonchev–Trinajstić information content (AvgIpc) is 3.00. The molecule has 29 heavy (non-hydrogen) atoms. The molecule has 0 spiro atoms. The second-order valence-electron chi connectivity index (χ2n) is 7.32. The van der Waals surface area contributed by atoms with Gasteiger partial charge in [0.1, 0.15) is 5.75 Å². The van der Waals surface area contributed by atoms with Gasteiger partial charge >= 0.3 is 6.36 Å². The molecule has 0 fully saturated rings. The highest BCUT2D eigenvalue weighted by atomic mass is 19.4. The largest absolute Gasteiger partial charge is 0.573 e. The number of allylic oxidation sites excluding steroid dienone is 1. The molecule has 0 aliphatic carbocycles. The lowest BCUT2D eigenvalue weighted by molar-refractivity contribution is -0.274. The van der Waals surface area contributed by atoms with Gasteiger partial charge in [-0.15, -0.1) is 13.2 Å². The van der Waals surface area contributed by atoms with Gasteiger partial charge in [-0.05, 0) is 40.8 Å². The van der Waals surface area contributed by atoms with E-state index in [9.17, 15) is 13.2 Å². The Labute approximate surface area is 168 Å². The van der Waals surface area contributed by atoms with E-state index in [0.29, 0.717) is 12.3 Å². The quantitative estimate of drug-likeness (QED) is 0.551. The molecule has 3 nitrogen and oxygen atoms in total. The van der Waals surface area contributed by atoms with Gasteiger partial charge in [0.05, 0.1) is 11.4 Å². The van der Waals surface area contributed by atoms with E-state index in [-0.39, 0.29) is 11.7 Å². The number of nitrogens with zero attached hydrogens (tertiary/aromatic N) is 2. The maximum absolute atomic E-state index is 12.3. The minimum Gasteiger partial charge on any atom is -0.406 e. The summed E-state index contributed by atoms with van der Waals surface area (Å²) in [4.78, 5) is 0. The Morgan fingerprint density at radius 1 is 1.00 bits per heavy atom. The topological polar surface area (TPSA) is 34.0 Å². The van der Waals surface area contributed by atoms with Crippen molar-refractivity contribution in [3.8, 4) is 5.75 Å². The smallest absolute Gasteiger partial charge is 0.406 e. The van der Waals surface area contributed by atoms with Crippen LogP contribution in [-0.4, -0.2) is 17.8 Å². The zero-order valence-electron chi connectivity index (χ0n) is 16.6. The molecule has 6 heteroatoms. The van der Waals surface area contributed by atoms with Crippen molar-refractivity contribution in [3.63, 3.8) is 0 Å². The van der Waals surface area contributed by atoms with E-state index in [2.05, 4.69) is 47.0 Å². The Morgan fingerprint density at radius 3 is 2.34 bits per heavy atom. The molecule has 3 rings (SSSR count). The maximum atomic E-state index is 12.3. The Hall–Kier alpha value is -2.89. The highest BCUT2D eigenvalue weighted by molar-refractivity contribution is 6.16. The van der Waals surface area contributed by atoms with Crippen molar-refractivity contribution in [2.45, 2.75) is 39.5 Å². The van der Waals surface area contributed by atoms with Crippen LogP contribution in [0.5, 0.6) is 5.75 Å². The maximum Gasteiger partial charge on any atom is 0.573 e. The zero-order valence-corrected chi connectivity index (χ0v) is 16.6. The SMILES string of the molecule is CC1C(/C=C/c2ccccc2C(C)C)=NN=C1Cc1ccc(OC(F)(F)F)cc1. The first-order valence-electron chi connectivity index (χ1n) is 9.49. The molecule has 1 atom stereocenters. The van der Waals surface area contributed by atoms with Crippen molar-refractivity contribution in [2.75, 3.05) is 0 Å². The van der Waals surface area contributed by atoms with Crippen LogP contribution in [-0.2, 0) is 6.42 Å². The summed E-state index contributed by atoms with van der Waals surface area (Å²) in [6.07, 6.45) is -0.110. The molecule has 1 heterocycles. The first-order chi connectivity index (χ1) is 13.7. The number of rotatable bonds is 6. The first-order valence-corrected chi connectivity index (χ1v) is 9.49. The molecule has 2 aromatic rings. The molecule has 2 aromatic carbocycles. The highest BCUT2D eigenvalue weighted by Gasteiger charge is 2.31. The number of hydrogen-bond donors (Lipinski definition) is 0. The molecular formula is C23H23F3N2O. The van der Waals surface area contributed by atoms with Crippen LogP contribution in [0.2, 0.25) is 0 Å². The van der Waals surface area contributed by atoms with Gasteiger partial charge in [0, 0.05) is 12.3 Å². The van der Waals surface area contributed by atoms with Crippen LogP contribution in [0.3, 0.4) is 0 Å². The average molecular weight is 400 g/mol. The second-order valence-corrected chi connectivity index (χ2v) is 7.32. The molecule has 0 aromatic heterocycles. The van der Waals surface area contributed by atoms with Crippen molar-refractivity contribution in [1.82, 2.24) is 0 Å². The summed E-state index contributed by atoms with van der Waals surface area (Å²) in [6.45, 7) is 6.35. The van der Waals surface area contributed by atoms with E-state index >= 15 is 0 Å². The third kappa shape index (κ3) is 5.56. The van der Waals surface area contributed by atoms with Gasteiger partial charge < -0.3 is 4.74 Å². The summed E-state index contributed by atoms with van der Waals surface area (Å²) in [5.74, 6) is 0.241. The van der Waals surface area contributed by atoms with Crippen LogP contribution >= 0.6 is 0 Å². The van der Waals surface area contributed by atoms with Crippen LogP contribution in [0, 0.1) is 5.92 Å². The van der Waals surface area contributed by atoms with E-state index in [1.165, 1.54) is 17.7 Å². The fourth-order valence-corrected chi connectivity index (χ4v) is 3.21. The predicted molar refractivity (Wildman–Crippen MR) is 110 cm³/mol. The summed E-state index contributed by atoms with van der Waals surface area (Å²) in [5.41, 5.74) is 5.04. The van der Waals surface area contributed by atoms with Crippen LogP contribution in [0.25, 0.3) is 6.08 Å². The van der Waals surface area contributed by atoms with E-state index < -0.39 is 6.36 Å². The molecule has 0 N–H and O–H groups in total. The van der Waals surface area contributed by atoms with Gasteiger partial charge in [-0.3, -0.25) is 0 Å². The number of ether oxygens (including phenoxy) is 1. The van der Waals surface area contributed by atoms with Crippen molar-refractivity contribution in [1.29, 1.82) is 0 Å². The van der Waals surface area contributed by atoms with Crippen molar-refractivity contribution < 1.29 is 17.9 Å². The van der Waals surface area contributed by atoms with Gasteiger partial charge in [0.2, 0.25) is 0 Å². The standard InChI is InChI=1S/C23H23F3N2O/c1-15(2)20-7-5-4-6-18(20)10-13-21-16(3)22(28-27-21)14-17-8-11-19(12-9-17)29-23(24,25)26/h4-13,15-16H,14H2,1-3H3/b13-10+. The van der Waals surface area contributed by atoms with Crippen molar-refractivity contribution in [3.05, 3.63) is 71.3 Å². The van der Waals surface area contributed by atoms with Crippen molar-refractivity contribution >= 4 is 17.5 Å². The lowest BCUT2D eigenvalue weighted by atomic mass is 9.93. The lowest BCUT2D eigenvalue weighted by Gasteiger charge is -2.11. The van der Waals surface area contributed by atoms with Crippen molar-refractivity contribution in [2.24, 2.45) is 16.1 Å². The van der Waals surface area contributed by atoms with Crippen LogP contribution < -0.4 is 4.74 Å². The normalized spacial score (nSPS) is 17.0. The third-order valence-electron chi connectivity index (χ3n) is 4.83. The van der Waals surface area contributed by atoms with Gasteiger partial charge in [-0.1, -0.05) is 63.2 Å². The Balaban J connectivity index is 1.63. The Morgan fingerprint density at radius 2 is 1.69 bits per heavy atom. The lowest BCUT2D eigenvalue weighted by Crippen LogP contribution is -2.18. The second kappa shape index (κ2) is 8.64. The number of alkyl halides is 3. The van der Waals surface area contributed by atoms with Crippen LogP contribution in [0.15, 0.2) is 64.8 Å². The third-order valence-corrected chi connectivity index (χ3v) is 4.83. The van der Waals surface area contributed by atoms with Gasteiger partial charge in [0.25, 0.3) is 0 Å².